The van der Waals surface area contributed by atoms with Gasteiger partial charge in [-0.3, -0.25) is 0 Å². The fourth-order valence-electron chi connectivity index (χ4n) is 6.40. The first kappa shape index (κ1) is 19.1. The van der Waals surface area contributed by atoms with Crippen molar-refractivity contribution < 1.29 is 0 Å². The minimum atomic E-state index is 0.700. The summed E-state index contributed by atoms with van der Waals surface area (Å²) in [4.78, 5) is 0. The zero-order valence-electron chi connectivity index (χ0n) is 17.1. The second-order valence-electron chi connectivity index (χ2n) is 9.69. The summed E-state index contributed by atoms with van der Waals surface area (Å²) in [6.07, 6.45) is 15.4. The first-order valence-corrected chi connectivity index (χ1v) is 12.6. The Morgan fingerprint density at radius 1 is 0.458 bits per heavy atom. The van der Waals surface area contributed by atoms with Crippen LogP contribution in [-0.2, 0) is 10.9 Å². The third-order valence-corrected chi connectivity index (χ3v) is 12.5. The van der Waals surface area contributed by atoms with Crippen molar-refractivity contribution in [3.8, 4) is 0 Å². The molecule has 140 valence electrons. The maximum absolute atomic E-state index is 2.64. The second kappa shape index (κ2) is 8.36. The zero-order valence-corrected chi connectivity index (χ0v) is 17.9. The monoisotopic (exact) mass is 351 g/mol. The lowest BCUT2D eigenvalue weighted by atomic mass is 9.64. The van der Waals surface area contributed by atoms with Crippen molar-refractivity contribution in [2.45, 2.75) is 115 Å². The van der Waals surface area contributed by atoms with Crippen molar-refractivity contribution in [1.82, 2.24) is 0 Å². The Morgan fingerprint density at radius 2 is 0.792 bits per heavy atom. The Bertz CT molecular complexity index is 345. The highest BCUT2D eigenvalue weighted by atomic mass is 32.2. The largest absolute Gasteiger partial charge is 0.124 e. The van der Waals surface area contributed by atoms with Crippen LogP contribution >= 0.6 is 0 Å². The lowest BCUT2D eigenvalue weighted by Crippen LogP contribution is -2.54. The van der Waals surface area contributed by atoms with Crippen LogP contribution in [0.15, 0.2) is 0 Å². The molecule has 0 amide bonds. The zero-order chi connectivity index (χ0) is 17.3. The van der Waals surface area contributed by atoms with Crippen LogP contribution in [0.25, 0.3) is 0 Å². The molecule has 0 N–H and O–H groups in total. The molecule has 0 nitrogen and oxygen atoms in total. The summed E-state index contributed by atoms with van der Waals surface area (Å²) >= 11 is 0. The van der Waals surface area contributed by atoms with Gasteiger partial charge in [0.05, 0.1) is 0 Å². The van der Waals surface area contributed by atoms with Crippen LogP contribution in [0.2, 0.25) is 0 Å². The lowest BCUT2D eigenvalue weighted by molar-refractivity contribution is 0.0909. The third-order valence-electron chi connectivity index (χ3n) is 8.54. The van der Waals surface area contributed by atoms with Gasteiger partial charge in [0.25, 0.3) is 0 Å². The molecular weight excluding hydrogens is 308 g/mol. The van der Waals surface area contributed by atoms with Crippen molar-refractivity contribution in [2.24, 2.45) is 29.6 Å². The summed E-state index contributed by atoms with van der Waals surface area (Å²) in [6.45, 7) is 13.0. The average Bonchev–Trinajstić information content (AvgIpc) is 2.63. The summed E-state index contributed by atoms with van der Waals surface area (Å²) in [5.41, 5.74) is 0. The normalized spacial score (nSPS) is 43.2. The summed E-state index contributed by atoms with van der Waals surface area (Å²) in [6, 6.07) is 0. The van der Waals surface area contributed by atoms with Crippen LogP contribution in [0, 0.1) is 29.6 Å². The van der Waals surface area contributed by atoms with E-state index in [4.69, 9.17) is 0 Å². The van der Waals surface area contributed by atoms with E-state index in [1.807, 2.05) is 0 Å². The summed E-state index contributed by atoms with van der Waals surface area (Å²) < 4.78 is 0. The van der Waals surface area contributed by atoms with Gasteiger partial charge in [-0.05, 0) is 80.0 Å². The maximum atomic E-state index is 2.64. The van der Waals surface area contributed by atoms with Crippen LogP contribution in [-0.4, -0.2) is 15.7 Å². The molecule has 4 atom stereocenters. The van der Waals surface area contributed by atoms with E-state index in [0.29, 0.717) is 10.9 Å². The quantitative estimate of drug-likeness (QED) is 0.489. The Morgan fingerprint density at radius 3 is 1.17 bits per heavy atom. The Hall–Kier alpha value is 0.350. The fraction of sp³-hybridized carbons (Fsp3) is 1.00. The van der Waals surface area contributed by atoms with Gasteiger partial charge in [0.1, 0.15) is 15.7 Å². The molecule has 0 radical (unpaired) electrons. The molecule has 0 aromatic carbocycles. The summed E-state index contributed by atoms with van der Waals surface area (Å²) in [5, 5.41) is 3.20. The first-order chi connectivity index (χ1) is 11.5. The van der Waals surface area contributed by atoms with Gasteiger partial charge in [0.2, 0.25) is 0 Å². The van der Waals surface area contributed by atoms with Crippen LogP contribution in [0.4, 0.5) is 0 Å². The molecule has 3 rings (SSSR count). The Kier molecular flexibility index (Phi) is 6.66. The van der Waals surface area contributed by atoms with Crippen molar-refractivity contribution in [3.05, 3.63) is 0 Å². The molecule has 0 bridgehead atoms. The topological polar surface area (TPSA) is 0 Å². The Balaban J connectivity index is 1.87. The van der Waals surface area contributed by atoms with Crippen molar-refractivity contribution in [2.75, 3.05) is 0 Å². The van der Waals surface area contributed by atoms with Crippen molar-refractivity contribution >= 4 is 10.9 Å². The highest BCUT2D eigenvalue weighted by molar-refractivity contribution is 7.98. The van der Waals surface area contributed by atoms with Crippen LogP contribution in [0.3, 0.4) is 0 Å². The molecule has 0 saturated heterocycles. The van der Waals surface area contributed by atoms with Crippen LogP contribution in [0.1, 0.15) is 98.8 Å². The van der Waals surface area contributed by atoms with Gasteiger partial charge in [0, 0.05) is 11.8 Å². The molecule has 0 aromatic rings. The number of hydrogen-bond donors (Lipinski definition) is 0. The SMILES string of the molecule is CC1C(C)C(C)C([S+](C2CCCCC2)C2CCCCC2)C(C)C1C. The lowest BCUT2D eigenvalue weighted by Gasteiger charge is -2.48. The molecule has 0 aliphatic heterocycles. The summed E-state index contributed by atoms with van der Waals surface area (Å²) in [5.74, 6) is 4.64. The van der Waals surface area contributed by atoms with E-state index >= 15 is 0 Å². The van der Waals surface area contributed by atoms with E-state index in [1.54, 1.807) is 25.7 Å². The molecule has 3 fully saturated rings. The molecule has 0 spiro atoms. The minimum absolute atomic E-state index is 0.700. The van der Waals surface area contributed by atoms with E-state index in [-0.39, 0.29) is 0 Å². The van der Waals surface area contributed by atoms with E-state index < -0.39 is 0 Å². The van der Waals surface area contributed by atoms with Gasteiger partial charge in [-0.2, -0.15) is 0 Å². The third kappa shape index (κ3) is 3.72. The van der Waals surface area contributed by atoms with E-state index in [0.717, 1.165) is 45.3 Å². The van der Waals surface area contributed by atoms with Crippen molar-refractivity contribution in [3.63, 3.8) is 0 Å². The van der Waals surface area contributed by atoms with Gasteiger partial charge in [-0.1, -0.05) is 47.5 Å². The standard InChI is InChI=1S/C23H43S/c1-16-17(2)19(4)23(20(5)18(16)3)24(21-12-8-6-9-13-21)22-14-10-7-11-15-22/h16-23H,6-15H2,1-5H3/q+1. The molecule has 1 heteroatoms. The minimum Gasteiger partial charge on any atom is -0.0620 e. The van der Waals surface area contributed by atoms with Crippen LogP contribution in [0.5, 0.6) is 0 Å². The van der Waals surface area contributed by atoms with Gasteiger partial charge < -0.3 is 0 Å². The molecule has 3 saturated carbocycles. The van der Waals surface area contributed by atoms with Gasteiger partial charge in [-0.25, -0.2) is 0 Å². The highest BCUT2D eigenvalue weighted by Crippen LogP contribution is 2.49. The molecule has 3 aliphatic rings. The van der Waals surface area contributed by atoms with Crippen LogP contribution < -0.4 is 0 Å². The molecule has 4 unspecified atom stereocenters. The van der Waals surface area contributed by atoms with E-state index in [2.05, 4.69) is 34.6 Å². The van der Waals surface area contributed by atoms with Gasteiger partial charge >= 0.3 is 0 Å². The number of rotatable bonds is 3. The molecule has 0 heterocycles. The molecule has 3 aliphatic carbocycles. The van der Waals surface area contributed by atoms with E-state index in [9.17, 15) is 0 Å². The van der Waals surface area contributed by atoms with Gasteiger partial charge in [-0.15, -0.1) is 0 Å². The molecule has 0 aromatic heterocycles. The Labute approximate surface area is 155 Å². The van der Waals surface area contributed by atoms with Gasteiger partial charge in [0.15, 0.2) is 0 Å². The van der Waals surface area contributed by atoms with E-state index in [1.165, 1.54) is 38.5 Å². The van der Waals surface area contributed by atoms with Crippen molar-refractivity contribution in [1.29, 1.82) is 0 Å². The average molecular weight is 352 g/mol. The number of hydrogen-bond acceptors (Lipinski definition) is 0. The fourth-order valence-corrected chi connectivity index (χ4v) is 11.1. The maximum Gasteiger partial charge on any atom is 0.124 e. The second-order valence-corrected chi connectivity index (χ2v) is 12.4. The summed E-state index contributed by atoms with van der Waals surface area (Å²) in [7, 11) is 0.700. The predicted octanol–water partition coefficient (Wildman–Crippen LogP) is 6.83. The molecule has 24 heavy (non-hydrogen) atoms. The molecular formula is C23H43S+. The highest BCUT2D eigenvalue weighted by Gasteiger charge is 2.54. The smallest absolute Gasteiger partial charge is 0.0620 e. The predicted molar refractivity (Wildman–Crippen MR) is 111 cm³/mol. The first-order valence-electron chi connectivity index (χ1n) is 11.2.